The molecule has 3 aromatic carbocycles. The van der Waals surface area contributed by atoms with E-state index in [9.17, 15) is 0 Å². The van der Waals surface area contributed by atoms with Gasteiger partial charge in [0.2, 0.25) is 0 Å². The van der Waals surface area contributed by atoms with Gasteiger partial charge in [0.1, 0.15) is 0 Å². The first kappa shape index (κ1) is 29.8. The molecule has 0 aromatic heterocycles. The molecule has 1 atom stereocenters. The fourth-order valence-electron chi connectivity index (χ4n) is 4.87. The van der Waals surface area contributed by atoms with Gasteiger partial charge >= 0.3 is 194 Å². The third-order valence-electron chi connectivity index (χ3n) is 5.88. The molecule has 1 aliphatic carbocycles. The van der Waals surface area contributed by atoms with Crippen molar-refractivity contribution < 1.29 is 57.7 Å². The minimum Gasteiger partial charge on any atom is -1.00 e. The summed E-state index contributed by atoms with van der Waals surface area (Å²) in [4.78, 5) is 0. The van der Waals surface area contributed by atoms with Crippen molar-refractivity contribution in [1.82, 2.24) is 0 Å². The van der Waals surface area contributed by atoms with Gasteiger partial charge in [0, 0.05) is 0 Å². The Kier molecular flexibility index (Phi) is 11.2. The zero-order valence-electron chi connectivity index (χ0n) is 19.5. The summed E-state index contributed by atoms with van der Waals surface area (Å²) in [5.74, 6) is 0.291. The van der Waals surface area contributed by atoms with Gasteiger partial charge in [0.25, 0.3) is 0 Å². The van der Waals surface area contributed by atoms with Crippen LogP contribution in [-0.2, 0) is 26.9 Å². The molecule has 0 aliphatic heterocycles. The molecule has 0 bridgehead atoms. The molecule has 0 radical (unpaired) electrons. The Bertz CT molecular complexity index is 1040. The first-order valence-electron chi connectivity index (χ1n) is 10.7. The van der Waals surface area contributed by atoms with Crippen LogP contribution in [0.3, 0.4) is 0 Å². The van der Waals surface area contributed by atoms with Gasteiger partial charge in [-0.2, -0.15) is 0 Å². The number of hydrogen-bond donors (Lipinski definition) is 0. The van der Waals surface area contributed by atoms with Crippen LogP contribution >= 0.6 is 0 Å². The van der Waals surface area contributed by atoms with Crippen LogP contribution < -0.4 is 37.2 Å². The topological polar surface area (TPSA) is 0 Å². The summed E-state index contributed by atoms with van der Waals surface area (Å²) in [5.41, 5.74) is 10.9. The Hall–Kier alpha value is -1.28. The number of benzene rings is 3. The van der Waals surface area contributed by atoms with E-state index >= 15 is 0 Å². The molecule has 0 saturated carbocycles. The van der Waals surface area contributed by atoms with Crippen molar-refractivity contribution >= 4 is 0 Å². The summed E-state index contributed by atoms with van der Waals surface area (Å²) in [6, 6.07) is 24.8. The molecule has 3 aromatic rings. The van der Waals surface area contributed by atoms with Crippen LogP contribution in [0.4, 0.5) is 0 Å². The van der Waals surface area contributed by atoms with E-state index in [0.29, 0.717) is 5.92 Å². The van der Waals surface area contributed by atoms with Gasteiger partial charge in [0.15, 0.2) is 0 Å². The van der Waals surface area contributed by atoms with Gasteiger partial charge in [-0.3, -0.25) is 0 Å². The molecule has 33 heavy (non-hydrogen) atoms. The van der Waals surface area contributed by atoms with Crippen molar-refractivity contribution in [3.05, 3.63) is 129 Å². The van der Waals surface area contributed by atoms with Crippen molar-refractivity contribution in [2.24, 2.45) is 0 Å². The minimum absolute atomic E-state index is 0. The van der Waals surface area contributed by atoms with Gasteiger partial charge in [-0.05, 0) is 0 Å². The second-order valence-corrected chi connectivity index (χ2v) is 10.3. The van der Waals surface area contributed by atoms with E-state index in [1.165, 1.54) is 44.5 Å². The van der Waals surface area contributed by atoms with Crippen LogP contribution in [-0.4, -0.2) is 0 Å². The summed E-state index contributed by atoms with van der Waals surface area (Å²) in [5, 5.41) is 0. The van der Waals surface area contributed by atoms with E-state index in [0.717, 1.165) is 6.42 Å². The van der Waals surface area contributed by atoms with Crippen LogP contribution in [0.25, 0.3) is 0 Å². The normalized spacial score (nSPS) is 16.5. The van der Waals surface area contributed by atoms with Gasteiger partial charge < -0.3 is 37.2 Å². The molecule has 0 heterocycles. The summed E-state index contributed by atoms with van der Waals surface area (Å²) in [6.07, 6.45) is 8.25. The van der Waals surface area contributed by atoms with Crippen LogP contribution in [0.5, 0.6) is 0 Å². The number of allylic oxidation sites excluding steroid dienone is 4. The van der Waals surface area contributed by atoms with Crippen molar-refractivity contribution in [1.29, 1.82) is 0 Å². The first-order chi connectivity index (χ1) is 14.3. The Balaban J connectivity index is 0.00000181. The maximum atomic E-state index is 2.50. The van der Waals surface area contributed by atoms with E-state index in [2.05, 4.69) is 133 Å². The van der Waals surface area contributed by atoms with E-state index < -0.39 is 0 Å². The third-order valence-corrected chi connectivity index (χ3v) is 6.82. The predicted octanol–water partition coefficient (Wildman–Crippen LogP) is -1.49. The van der Waals surface area contributed by atoms with Gasteiger partial charge in [0.05, 0.1) is 0 Å². The van der Waals surface area contributed by atoms with E-state index in [-0.39, 0.29) is 40.9 Å². The molecule has 0 N–H and O–H groups in total. The first-order valence-corrected chi connectivity index (χ1v) is 11.5. The third kappa shape index (κ3) is 7.11. The van der Waals surface area contributed by atoms with Gasteiger partial charge in [-0.1, -0.05) is 0 Å². The molecular formula is C29H29Cl3Ti. The molecule has 0 fully saturated rings. The van der Waals surface area contributed by atoms with Gasteiger partial charge in [-0.25, -0.2) is 0 Å². The number of hydrogen-bond acceptors (Lipinski definition) is 0. The average Bonchev–Trinajstić information content (AvgIpc) is 3.02. The number of aryl methyl sites for hydroxylation is 4. The van der Waals surface area contributed by atoms with Crippen molar-refractivity contribution in [2.45, 2.75) is 43.8 Å². The quantitative estimate of drug-likeness (QED) is 0.352. The molecule has 0 saturated heterocycles. The minimum atomic E-state index is -0.0510. The summed E-state index contributed by atoms with van der Waals surface area (Å²) in [7, 11) is 0. The SMILES string of the molecule is Cc1cc(C)cc(C(c2cc(C)cc(C)c2)[C]2([Ti+3])C=CC(Cc3ccccc3)=C2)c1.[Cl-].[Cl-].[Cl-]. The number of halogens is 3. The Morgan fingerprint density at radius 2 is 1.15 bits per heavy atom. The second-order valence-electron chi connectivity index (χ2n) is 8.92. The van der Waals surface area contributed by atoms with Crippen molar-refractivity contribution in [3.63, 3.8) is 0 Å². The summed E-state index contributed by atoms with van der Waals surface area (Å²) < 4.78 is -0.0510. The fourth-order valence-corrected chi connectivity index (χ4v) is 5.81. The zero-order valence-corrected chi connectivity index (χ0v) is 23.3. The maximum Gasteiger partial charge on any atom is -1.00 e. The van der Waals surface area contributed by atoms with Crippen LogP contribution in [0.15, 0.2) is 90.5 Å². The van der Waals surface area contributed by atoms with Crippen molar-refractivity contribution in [3.8, 4) is 0 Å². The Labute approximate surface area is 229 Å². The van der Waals surface area contributed by atoms with Crippen molar-refractivity contribution in [2.75, 3.05) is 0 Å². The Morgan fingerprint density at radius 1 is 0.697 bits per heavy atom. The molecular weight excluding hydrogens is 503 g/mol. The van der Waals surface area contributed by atoms with Crippen LogP contribution in [0.2, 0.25) is 3.72 Å². The van der Waals surface area contributed by atoms with Crippen LogP contribution in [0.1, 0.15) is 44.9 Å². The molecule has 170 valence electrons. The average molecular weight is 532 g/mol. The second kappa shape index (κ2) is 12.4. The predicted molar refractivity (Wildman–Crippen MR) is 124 cm³/mol. The summed E-state index contributed by atoms with van der Waals surface area (Å²) >= 11 is 2.39. The molecule has 0 nitrogen and oxygen atoms in total. The van der Waals surface area contributed by atoms with E-state index in [1.807, 2.05) is 0 Å². The molecule has 0 amide bonds. The molecule has 4 heteroatoms. The zero-order chi connectivity index (χ0) is 21.3. The monoisotopic (exact) mass is 530 g/mol. The maximum absolute atomic E-state index is 2.50. The molecule has 0 spiro atoms. The Morgan fingerprint density at radius 3 is 1.61 bits per heavy atom. The molecule has 1 aliphatic rings. The smallest absolute Gasteiger partial charge is 1.00 e. The van der Waals surface area contributed by atoms with Gasteiger partial charge in [-0.15, -0.1) is 0 Å². The summed E-state index contributed by atoms with van der Waals surface area (Å²) in [6.45, 7) is 8.83. The van der Waals surface area contributed by atoms with Crippen LogP contribution in [0, 0.1) is 27.7 Å². The van der Waals surface area contributed by atoms with E-state index in [1.54, 1.807) is 0 Å². The van der Waals surface area contributed by atoms with E-state index in [4.69, 9.17) is 0 Å². The molecule has 4 rings (SSSR count). The molecule has 1 unspecified atom stereocenters. The largest absolute Gasteiger partial charge is 1.00 e. The number of rotatable bonds is 5. The standard InChI is InChI=1S/C29H29.3ClH.Ti/c1-20-12-21(2)15-27(14-20)29(28-16-22(3)13-23(4)17-28)26-11-10-25(19-26)18-24-8-6-5-7-9-24;;;;/h5-17,19,29H,18H2,1-4H3;3*1H;/q;;;;+3/p-3. The fraction of sp³-hybridized carbons (Fsp3) is 0.241.